The van der Waals surface area contributed by atoms with E-state index in [4.69, 9.17) is 0 Å². The molecule has 1 aromatic rings. The van der Waals surface area contributed by atoms with Crippen LogP contribution in [0.5, 0.6) is 5.75 Å². The van der Waals surface area contributed by atoms with Gasteiger partial charge >= 0.3 is 12.1 Å². The first-order chi connectivity index (χ1) is 12.4. The average Bonchev–Trinajstić information content (AvgIpc) is 2.53. The summed E-state index contributed by atoms with van der Waals surface area (Å²) in [6.07, 6.45) is -5.39. The molecule has 0 amide bonds. The monoisotopic (exact) mass is 408 g/mol. The lowest BCUT2D eigenvalue weighted by Gasteiger charge is -2.46. The van der Waals surface area contributed by atoms with Gasteiger partial charge in [0.25, 0.3) is 11.4 Å². The van der Waals surface area contributed by atoms with E-state index in [-0.39, 0.29) is 6.61 Å². The van der Waals surface area contributed by atoms with Crippen molar-refractivity contribution in [3.63, 3.8) is 0 Å². The number of ether oxygens (including phenoxy) is 1. The highest BCUT2D eigenvalue weighted by Gasteiger charge is 2.66. The molecule has 2 rings (SSSR count). The number of non-ortho nitro benzene ring substituents is 1. The number of halogens is 3. The Morgan fingerprint density at radius 3 is 2.63 bits per heavy atom. The molecule has 1 saturated heterocycles. The van der Waals surface area contributed by atoms with Gasteiger partial charge in [-0.25, -0.2) is 0 Å². The Kier molecular flexibility index (Phi) is 5.47. The summed E-state index contributed by atoms with van der Waals surface area (Å²) in [5.74, 6) is -4.77. The second kappa shape index (κ2) is 7.15. The summed E-state index contributed by atoms with van der Waals surface area (Å²) in [6.45, 7) is 1.03. The van der Waals surface area contributed by atoms with Crippen LogP contribution in [0, 0.1) is 16.0 Å². The number of hydrogen-bond donors (Lipinski definition) is 3. The van der Waals surface area contributed by atoms with Crippen molar-refractivity contribution >= 4 is 29.0 Å². The second-order valence-electron chi connectivity index (χ2n) is 5.55. The fourth-order valence-electron chi connectivity index (χ4n) is 2.69. The predicted molar refractivity (Wildman–Crippen MR) is 85.3 cm³/mol. The molecule has 1 fully saturated rings. The van der Waals surface area contributed by atoms with Gasteiger partial charge in [-0.15, -0.1) is 5.75 Å². The van der Waals surface area contributed by atoms with Crippen molar-refractivity contribution in [2.75, 3.05) is 6.61 Å². The molecule has 0 aliphatic carbocycles. The van der Waals surface area contributed by atoms with Gasteiger partial charge in [-0.2, -0.15) is 13.2 Å². The van der Waals surface area contributed by atoms with E-state index in [9.17, 15) is 38.3 Å². The number of thiocarbonyl (C=S) groups is 1. The molecule has 0 aromatic heterocycles. The lowest BCUT2D eigenvalue weighted by Crippen LogP contribution is -2.73. The van der Waals surface area contributed by atoms with Crippen molar-refractivity contribution in [3.8, 4) is 5.75 Å². The summed E-state index contributed by atoms with van der Waals surface area (Å²) in [5.41, 5.74) is -4.99. The summed E-state index contributed by atoms with van der Waals surface area (Å²) < 4.78 is 45.3. The van der Waals surface area contributed by atoms with E-state index in [1.165, 1.54) is 6.92 Å². The van der Waals surface area contributed by atoms with Crippen LogP contribution in [0.1, 0.15) is 18.5 Å². The van der Waals surface area contributed by atoms with Gasteiger partial charge in [0.2, 0.25) is 0 Å². The fourth-order valence-corrected chi connectivity index (χ4v) is 2.97. The molecule has 148 valence electrons. The molecule has 0 spiro atoms. The molecular weight excluding hydrogens is 395 g/mol. The van der Waals surface area contributed by atoms with Crippen LogP contribution in [0.3, 0.4) is 0 Å². The van der Waals surface area contributed by atoms with Crippen molar-refractivity contribution < 1.29 is 37.8 Å². The summed E-state index contributed by atoms with van der Waals surface area (Å²) in [6, 6.07) is 0.531. The normalized spacial score (nSPS) is 25.3. The Hall–Kier alpha value is -2.67. The van der Waals surface area contributed by atoms with E-state index in [1.807, 2.05) is 0 Å². The fraction of sp³-hybridized carbons (Fsp3) is 0.429. The maximum absolute atomic E-state index is 13.6. The van der Waals surface area contributed by atoms with Crippen LogP contribution in [0.25, 0.3) is 0 Å². The van der Waals surface area contributed by atoms with Crippen LogP contribution >= 0.6 is 12.2 Å². The molecule has 27 heavy (non-hydrogen) atoms. The zero-order chi connectivity index (χ0) is 20.6. The van der Waals surface area contributed by atoms with E-state index in [2.05, 4.69) is 22.3 Å². The van der Waals surface area contributed by atoms with Gasteiger partial charge in [-0.3, -0.25) is 14.9 Å². The van der Waals surface area contributed by atoms with E-state index in [1.54, 1.807) is 5.32 Å². The van der Waals surface area contributed by atoms with Gasteiger partial charge in [0, 0.05) is 12.1 Å². The standard InChI is InChI=1S/C14H14F3N3O6S/c1-2-26-11(22)9-10(7-5-6(20(24)25)3-4-8(7)21)18-12(27)19-13(9,23)14(15,16)17/h3-5,9-10,21,23H,2H2,1H3,(H2,18,19,27)/p-1/t9-,10+,13+/m1/s1. The number of benzene rings is 1. The van der Waals surface area contributed by atoms with Crippen LogP contribution in [-0.2, 0) is 9.53 Å². The smallest absolute Gasteiger partial charge is 0.437 e. The lowest BCUT2D eigenvalue weighted by atomic mass is 9.81. The highest BCUT2D eigenvalue weighted by atomic mass is 32.1. The maximum Gasteiger partial charge on any atom is 0.437 e. The molecule has 3 N–H and O–H groups in total. The van der Waals surface area contributed by atoms with Crippen molar-refractivity contribution in [3.05, 3.63) is 33.9 Å². The number of nitro groups is 1. The quantitative estimate of drug-likeness (QED) is 0.283. The summed E-state index contributed by atoms with van der Waals surface area (Å²) in [7, 11) is 0. The van der Waals surface area contributed by atoms with Crippen molar-refractivity contribution in [1.29, 1.82) is 0 Å². The van der Waals surface area contributed by atoms with Crippen LogP contribution in [-0.4, -0.2) is 39.6 Å². The number of carbonyl (C=O) groups is 1. The number of hydrogen-bond acceptors (Lipinski definition) is 7. The minimum atomic E-state index is -5.39. The summed E-state index contributed by atoms with van der Waals surface area (Å²) in [5, 5.41) is 36.5. The minimum Gasteiger partial charge on any atom is -0.872 e. The third-order valence-electron chi connectivity index (χ3n) is 3.89. The summed E-state index contributed by atoms with van der Waals surface area (Å²) >= 11 is 4.66. The lowest BCUT2D eigenvalue weighted by molar-refractivity contribution is -0.385. The Bertz CT molecular complexity index is 790. The highest BCUT2D eigenvalue weighted by molar-refractivity contribution is 7.80. The molecule has 1 aliphatic rings. The van der Waals surface area contributed by atoms with Crippen molar-refractivity contribution in [1.82, 2.24) is 10.6 Å². The Balaban J connectivity index is 2.68. The van der Waals surface area contributed by atoms with E-state index >= 15 is 0 Å². The van der Waals surface area contributed by atoms with Gasteiger partial charge in [-0.1, -0.05) is 6.07 Å². The number of nitrogens with zero attached hydrogens (tertiary/aromatic N) is 1. The number of carbonyl (C=O) groups excluding carboxylic acids is 1. The third-order valence-corrected chi connectivity index (χ3v) is 4.11. The summed E-state index contributed by atoms with van der Waals surface area (Å²) in [4.78, 5) is 22.3. The van der Waals surface area contributed by atoms with Crippen LogP contribution in [0.4, 0.5) is 18.9 Å². The molecular formula is C14H13F3N3O6S-. The number of nitrogens with one attached hydrogen (secondary N) is 2. The van der Waals surface area contributed by atoms with Gasteiger partial charge in [0.15, 0.2) is 5.11 Å². The first-order valence-electron chi connectivity index (χ1n) is 7.42. The molecule has 0 unspecified atom stereocenters. The minimum absolute atomic E-state index is 0.306. The molecule has 9 nitrogen and oxygen atoms in total. The topological polar surface area (TPSA) is 137 Å². The number of esters is 1. The Labute approximate surface area is 155 Å². The van der Waals surface area contributed by atoms with Gasteiger partial charge in [0.05, 0.1) is 17.6 Å². The maximum atomic E-state index is 13.6. The van der Waals surface area contributed by atoms with Crippen LogP contribution < -0.4 is 15.7 Å². The predicted octanol–water partition coefficient (Wildman–Crippen LogP) is 0.617. The molecule has 0 bridgehead atoms. The van der Waals surface area contributed by atoms with Crippen LogP contribution in [0.15, 0.2) is 18.2 Å². The first-order valence-corrected chi connectivity index (χ1v) is 7.83. The molecule has 1 heterocycles. The number of alkyl halides is 3. The van der Waals surface area contributed by atoms with E-state index < -0.39 is 56.9 Å². The SMILES string of the molecule is CCOC(=O)[C@H]1[C@H](c2cc([N+](=O)[O-])ccc2[O-])NC(=S)N[C@@]1(O)C(F)(F)F. The third kappa shape index (κ3) is 3.73. The van der Waals surface area contributed by atoms with Crippen LogP contribution in [0.2, 0.25) is 0 Å². The Morgan fingerprint density at radius 2 is 2.11 bits per heavy atom. The molecule has 3 atom stereocenters. The van der Waals surface area contributed by atoms with Gasteiger partial charge in [0.1, 0.15) is 5.92 Å². The van der Waals surface area contributed by atoms with Crippen molar-refractivity contribution in [2.45, 2.75) is 24.9 Å². The Morgan fingerprint density at radius 1 is 1.48 bits per heavy atom. The number of nitro benzene ring substituents is 1. The average molecular weight is 408 g/mol. The number of rotatable bonds is 4. The first kappa shape index (κ1) is 20.6. The molecule has 0 saturated carbocycles. The van der Waals surface area contributed by atoms with Gasteiger partial charge < -0.3 is 25.6 Å². The molecule has 1 aromatic carbocycles. The second-order valence-corrected chi connectivity index (χ2v) is 5.96. The zero-order valence-corrected chi connectivity index (χ0v) is 14.4. The molecule has 1 aliphatic heterocycles. The van der Waals surface area contributed by atoms with Gasteiger partial charge in [-0.05, 0) is 24.7 Å². The zero-order valence-electron chi connectivity index (χ0n) is 13.6. The molecule has 0 radical (unpaired) electrons. The number of aliphatic hydroxyl groups is 1. The van der Waals surface area contributed by atoms with E-state index in [0.29, 0.717) is 0 Å². The molecule has 13 heteroatoms. The highest BCUT2D eigenvalue weighted by Crippen LogP contribution is 2.44. The van der Waals surface area contributed by atoms with E-state index in [0.717, 1.165) is 18.2 Å². The van der Waals surface area contributed by atoms with Crippen molar-refractivity contribution in [2.24, 2.45) is 5.92 Å². The largest absolute Gasteiger partial charge is 0.872 e.